The third-order valence-corrected chi connectivity index (χ3v) is 4.92. The molecule has 17 heavy (non-hydrogen) atoms. The van der Waals surface area contributed by atoms with E-state index >= 15 is 0 Å². The van der Waals surface area contributed by atoms with E-state index in [1.165, 1.54) is 0 Å². The second-order valence-corrected chi connectivity index (χ2v) is 6.77. The Morgan fingerprint density at radius 2 is 2.06 bits per heavy atom. The molecule has 0 aromatic carbocycles. The summed E-state index contributed by atoms with van der Waals surface area (Å²) >= 11 is 0. The zero-order valence-corrected chi connectivity index (χ0v) is 11.1. The number of hydrogen-bond acceptors (Lipinski definition) is 4. The smallest absolute Gasteiger partial charge is 0.212 e. The average molecular weight is 263 g/mol. The van der Waals surface area contributed by atoms with Crippen molar-refractivity contribution in [2.75, 3.05) is 5.75 Å². The van der Waals surface area contributed by atoms with Crippen molar-refractivity contribution in [2.45, 2.75) is 45.1 Å². The lowest BCUT2D eigenvalue weighted by molar-refractivity contribution is 0.267. The maximum atomic E-state index is 11.7. The number of amidine groups is 1. The second-order valence-electron chi connectivity index (χ2n) is 4.76. The van der Waals surface area contributed by atoms with Crippen molar-refractivity contribution in [2.24, 2.45) is 16.8 Å². The highest BCUT2D eigenvalue weighted by atomic mass is 32.2. The molecule has 0 atom stereocenters. The van der Waals surface area contributed by atoms with Gasteiger partial charge in [0.05, 0.1) is 11.3 Å². The molecule has 0 bridgehead atoms. The van der Waals surface area contributed by atoms with E-state index in [1.807, 2.05) is 0 Å². The van der Waals surface area contributed by atoms with Crippen LogP contribution >= 0.6 is 0 Å². The lowest BCUT2D eigenvalue weighted by Crippen LogP contribution is -2.59. The molecule has 1 rings (SSSR count). The van der Waals surface area contributed by atoms with E-state index < -0.39 is 15.6 Å². The molecule has 1 aliphatic rings. The Morgan fingerprint density at radius 3 is 2.47 bits per heavy atom. The molecule has 1 aliphatic carbocycles. The van der Waals surface area contributed by atoms with Gasteiger partial charge in [0.15, 0.2) is 5.84 Å². The van der Waals surface area contributed by atoms with E-state index in [1.54, 1.807) is 6.92 Å². The quantitative estimate of drug-likeness (QED) is 0.299. The third-order valence-electron chi connectivity index (χ3n) is 3.46. The Morgan fingerprint density at radius 1 is 1.53 bits per heavy atom. The van der Waals surface area contributed by atoms with Gasteiger partial charge >= 0.3 is 0 Å². The molecule has 1 fully saturated rings. The Bertz CT molecular complexity index is 384. The van der Waals surface area contributed by atoms with Crippen LogP contribution in [-0.2, 0) is 10.0 Å². The molecule has 4 N–H and O–H groups in total. The highest BCUT2D eigenvalue weighted by Gasteiger charge is 2.41. The lowest BCUT2D eigenvalue weighted by atomic mass is 9.77. The fraction of sp³-hybridized carbons (Fsp3) is 0.900. The number of oxime groups is 1. The molecule has 7 heteroatoms. The van der Waals surface area contributed by atoms with Crippen LogP contribution in [0.5, 0.6) is 0 Å². The van der Waals surface area contributed by atoms with Gasteiger partial charge in [-0.15, -0.1) is 0 Å². The van der Waals surface area contributed by atoms with Gasteiger partial charge in [0.25, 0.3) is 0 Å². The number of rotatable bonds is 4. The van der Waals surface area contributed by atoms with E-state index in [2.05, 4.69) is 16.8 Å². The molecule has 0 heterocycles. The molecular formula is C10H21N3O3S. The van der Waals surface area contributed by atoms with Crippen molar-refractivity contribution in [3.05, 3.63) is 0 Å². The summed E-state index contributed by atoms with van der Waals surface area (Å²) in [6, 6.07) is 0. The van der Waals surface area contributed by atoms with Crippen LogP contribution in [0.25, 0.3) is 0 Å². The molecule has 0 saturated heterocycles. The van der Waals surface area contributed by atoms with E-state index in [9.17, 15) is 8.42 Å². The summed E-state index contributed by atoms with van der Waals surface area (Å²) in [7, 11) is -3.37. The largest absolute Gasteiger partial charge is 0.409 e. The monoisotopic (exact) mass is 263 g/mol. The molecule has 0 unspecified atom stereocenters. The fourth-order valence-corrected chi connectivity index (χ4v) is 3.18. The van der Waals surface area contributed by atoms with Crippen molar-refractivity contribution >= 4 is 15.9 Å². The van der Waals surface area contributed by atoms with Crippen LogP contribution in [0, 0.1) is 5.92 Å². The van der Waals surface area contributed by atoms with Crippen LogP contribution in [-0.4, -0.2) is 30.8 Å². The van der Waals surface area contributed by atoms with Gasteiger partial charge in [0.1, 0.15) is 0 Å². The zero-order chi connectivity index (χ0) is 13.1. The molecule has 6 nitrogen and oxygen atoms in total. The van der Waals surface area contributed by atoms with Crippen LogP contribution in [0.15, 0.2) is 5.16 Å². The highest BCUT2D eigenvalue weighted by molar-refractivity contribution is 7.89. The summed E-state index contributed by atoms with van der Waals surface area (Å²) in [6.07, 6.45) is 2.87. The van der Waals surface area contributed by atoms with Crippen LogP contribution in [0.1, 0.15) is 39.5 Å². The van der Waals surface area contributed by atoms with Gasteiger partial charge in [-0.2, -0.15) is 0 Å². The first kappa shape index (κ1) is 14.2. The minimum absolute atomic E-state index is 0.0109. The summed E-state index contributed by atoms with van der Waals surface area (Å²) in [5.74, 6) is 0.491. The van der Waals surface area contributed by atoms with Gasteiger partial charge in [-0.3, -0.25) is 0 Å². The minimum atomic E-state index is -3.37. The SMILES string of the molecule is CCS(=O)(=O)NC1(/C(N)=N/O)CCC(C)CC1. The van der Waals surface area contributed by atoms with E-state index in [0.717, 1.165) is 12.8 Å². The second kappa shape index (κ2) is 5.22. The topological polar surface area (TPSA) is 105 Å². The molecule has 0 aromatic rings. The summed E-state index contributed by atoms with van der Waals surface area (Å²) in [5, 5.41) is 11.8. The van der Waals surface area contributed by atoms with Gasteiger partial charge in [-0.05, 0) is 38.5 Å². The number of nitrogens with zero attached hydrogens (tertiary/aromatic N) is 1. The predicted molar refractivity (Wildman–Crippen MR) is 66.4 cm³/mol. The first-order chi connectivity index (χ1) is 7.85. The third kappa shape index (κ3) is 3.32. The summed E-state index contributed by atoms with van der Waals surface area (Å²) in [4.78, 5) is 0. The zero-order valence-electron chi connectivity index (χ0n) is 10.3. The van der Waals surface area contributed by atoms with Gasteiger partial charge in [0.2, 0.25) is 10.0 Å². The van der Waals surface area contributed by atoms with Crippen LogP contribution in [0.3, 0.4) is 0 Å². The van der Waals surface area contributed by atoms with Crippen LogP contribution in [0.4, 0.5) is 0 Å². The summed E-state index contributed by atoms with van der Waals surface area (Å²) < 4.78 is 25.9. The highest BCUT2D eigenvalue weighted by Crippen LogP contribution is 2.32. The standard InChI is InChI=1S/C10H21N3O3S/c1-3-17(15,16)13-10(9(11)12-14)6-4-8(2)5-7-10/h8,13-14H,3-7H2,1-2H3,(H2,11,12). The summed E-state index contributed by atoms with van der Waals surface area (Å²) in [5.41, 5.74) is 4.76. The molecule has 0 spiro atoms. The molecule has 0 radical (unpaired) electrons. The van der Waals surface area contributed by atoms with Crippen LogP contribution in [0.2, 0.25) is 0 Å². The Labute approximate surface area is 102 Å². The normalized spacial score (nSPS) is 31.4. The van der Waals surface area contributed by atoms with Gasteiger partial charge in [-0.1, -0.05) is 12.1 Å². The van der Waals surface area contributed by atoms with E-state index in [0.29, 0.717) is 18.8 Å². The van der Waals surface area contributed by atoms with Crippen molar-refractivity contribution in [3.8, 4) is 0 Å². The molecular weight excluding hydrogens is 242 g/mol. The van der Waals surface area contributed by atoms with Gasteiger partial charge < -0.3 is 10.9 Å². The molecule has 0 amide bonds. The number of sulfonamides is 1. The maximum Gasteiger partial charge on any atom is 0.212 e. The van der Waals surface area contributed by atoms with Gasteiger partial charge in [-0.25, -0.2) is 13.1 Å². The summed E-state index contributed by atoms with van der Waals surface area (Å²) in [6.45, 7) is 3.68. The van der Waals surface area contributed by atoms with Crippen molar-refractivity contribution in [1.29, 1.82) is 0 Å². The number of nitrogens with one attached hydrogen (secondary N) is 1. The molecule has 1 saturated carbocycles. The molecule has 0 aromatic heterocycles. The average Bonchev–Trinajstić information content (AvgIpc) is 2.31. The van der Waals surface area contributed by atoms with Crippen molar-refractivity contribution < 1.29 is 13.6 Å². The first-order valence-corrected chi connectivity index (χ1v) is 7.50. The maximum absolute atomic E-state index is 11.7. The van der Waals surface area contributed by atoms with E-state index in [-0.39, 0.29) is 11.6 Å². The van der Waals surface area contributed by atoms with Crippen molar-refractivity contribution in [3.63, 3.8) is 0 Å². The fourth-order valence-electron chi connectivity index (χ4n) is 2.13. The van der Waals surface area contributed by atoms with Crippen LogP contribution < -0.4 is 10.5 Å². The first-order valence-electron chi connectivity index (χ1n) is 5.85. The number of hydrogen-bond donors (Lipinski definition) is 3. The Hall–Kier alpha value is -0.820. The minimum Gasteiger partial charge on any atom is -0.409 e. The van der Waals surface area contributed by atoms with E-state index in [4.69, 9.17) is 10.9 Å². The number of nitrogens with two attached hydrogens (primary N) is 1. The lowest BCUT2D eigenvalue weighted by Gasteiger charge is -2.38. The Kier molecular flexibility index (Phi) is 4.37. The van der Waals surface area contributed by atoms with Crippen molar-refractivity contribution in [1.82, 2.24) is 4.72 Å². The molecule has 100 valence electrons. The van der Waals surface area contributed by atoms with Gasteiger partial charge in [0, 0.05) is 0 Å². The predicted octanol–water partition coefficient (Wildman–Crippen LogP) is 0.621. The Balaban J connectivity index is 2.96. The molecule has 0 aliphatic heterocycles.